The van der Waals surface area contributed by atoms with Gasteiger partial charge in [-0.3, -0.25) is 0 Å². The Morgan fingerprint density at radius 1 is 0.943 bits per heavy atom. The van der Waals surface area contributed by atoms with Gasteiger partial charge in [-0.25, -0.2) is 0 Å². The number of alkyl halides is 9. The first-order valence-electron chi connectivity index (χ1n) is 9.93. The number of nitrogens with zero attached hydrogens (tertiary/aromatic N) is 2. The Labute approximate surface area is 192 Å². The number of hydrogen-bond acceptors (Lipinski definition) is 4. The van der Waals surface area contributed by atoms with Crippen LogP contribution in [-0.4, -0.2) is 23.3 Å². The minimum Gasteiger partial charge on any atom is -0.411 e. The second kappa shape index (κ2) is 8.76. The summed E-state index contributed by atoms with van der Waals surface area (Å²) >= 11 is 0. The van der Waals surface area contributed by atoms with E-state index < -0.39 is 47.2 Å². The fourth-order valence-corrected chi connectivity index (χ4v) is 3.68. The molecule has 1 aliphatic heterocycles. The zero-order valence-electron chi connectivity index (χ0n) is 18.0. The molecule has 0 aromatic heterocycles. The van der Waals surface area contributed by atoms with Gasteiger partial charge in [-0.1, -0.05) is 36.3 Å². The Morgan fingerprint density at radius 2 is 1.51 bits per heavy atom. The van der Waals surface area contributed by atoms with Crippen LogP contribution in [0.25, 0.3) is 0 Å². The Bertz CT molecular complexity index is 1130. The fraction of sp³-hybridized carbons (Fsp3) is 0.364. The van der Waals surface area contributed by atoms with Crippen molar-refractivity contribution in [2.75, 3.05) is 0 Å². The van der Waals surface area contributed by atoms with Crippen molar-refractivity contribution < 1.29 is 49.6 Å². The van der Waals surface area contributed by atoms with E-state index in [1.807, 2.05) is 0 Å². The molecule has 1 unspecified atom stereocenters. The normalized spacial score (nSPS) is 19.4. The third-order valence-electron chi connectivity index (χ3n) is 5.48. The van der Waals surface area contributed by atoms with E-state index in [0.717, 1.165) is 6.21 Å². The lowest BCUT2D eigenvalue weighted by molar-refractivity contribution is -0.276. The molecule has 0 amide bonds. The van der Waals surface area contributed by atoms with Gasteiger partial charge in [0, 0.05) is 12.0 Å². The molecule has 0 spiro atoms. The van der Waals surface area contributed by atoms with Crippen LogP contribution in [0.3, 0.4) is 0 Å². The minimum atomic E-state index is -5.42. The van der Waals surface area contributed by atoms with Crippen LogP contribution in [0.1, 0.15) is 59.6 Å². The van der Waals surface area contributed by atoms with Crippen molar-refractivity contribution >= 4 is 11.9 Å². The van der Waals surface area contributed by atoms with Gasteiger partial charge in [0.2, 0.25) is 0 Å². The largest absolute Gasteiger partial charge is 0.435 e. The smallest absolute Gasteiger partial charge is 0.411 e. The second-order valence-electron chi connectivity index (χ2n) is 8.17. The molecule has 0 bridgehead atoms. The molecule has 0 radical (unpaired) electrons. The van der Waals surface area contributed by atoms with Crippen molar-refractivity contribution in [2.24, 2.45) is 10.3 Å². The number of halogens is 9. The number of hydrogen-bond donors (Lipinski definition) is 1. The van der Waals surface area contributed by atoms with Crippen molar-refractivity contribution in [1.82, 2.24) is 0 Å². The third-order valence-corrected chi connectivity index (χ3v) is 5.48. The lowest BCUT2D eigenvalue weighted by Crippen LogP contribution is -2.43. The summed E-state index contributed by atoms with van der Waals surface area (Å²) in [6, 6.07) is 3.89. The molecule has 0 fully saturated rings. The van der Waals surface area contributed by atoms with E-state index >= 15 is 0 Å². The van der Waals surface area contributed by atoms with Crippen LogP contribution in [0.2, 0.25) is 0 Å². The van der Waals surface area contributed by atoms with E-state index in [1.165, 1.54) is 18.2 Å². The number of rotatable bonds is 4. The molecule has 35 heavy (non-hydrogen) atoms. The molecule has 1 N–H and O–H groups in total. The van der Waals surface area contributed by atoms with E-state index in [2.05, 4.69) is 15.1 Å². The lowest BCUT2D eigenvalue weighted by Gasteiger charge is -2.30. The maximum absolute atomic E-state index is 14.2. The highest BCUT2D eigenvalue weighted by atomic mass is 19.4. The van der Waals surface area contributed by atoms with Gasteiger partial charge in [-0.05, 0) is 46.9 Å². The molecule has 0 aliphatic carbocycles. The fourth-order valence-electron chi connectivity index (χ4n) is 3.68. The summed E-state index contributed by atoms with van der Waals surface area (Å²) in [6.07, 6.45) is -16.2. The third kappa shape index (κ3) is 5.08. The van der Waals surface area contributed by atoms with Crippen molar-refractivity contribution in [3.05, 3.63) is 69.8 Å². The monoisotopic (exact) mass is 512 g/mol. The summed E-state index contributed by atoms with van der Waals surface area (Å²) in [6.45, 7) is 3.50. The Hall–Kier alpha value is -3.25. The topological polar surface area (TPSA) is 54.2 Å². The molecule has 1 heterocycles. The van der Waals surface area contributed by atoms with E-state index in [0.29, 0.717) is 11.1 Å². The van der Waals surface area contributed by atoms with Crippen LogP contribution in [0.15, 0.2) is 46.7 Å². The van der Waals surface area contributed by atoms with Crippen LogP contribution >= 0.6 is 0 Å². The molecule has 3 rings (SSSR count). The highest BCUT2D eigenvalue weighted by Gasteiger charge is 2.63. The Morgan fingerprint density at radius 3 is 1.97 bits per heavy atom. The van der Waals surface area contributed by atoms with Crippen molar-refractivity contribution in [3.63, 3.8) is 0 Å². The van der Waals surface area contributed by atoms with Gasteiger partial charge in [-0.2, -0.15) is 39.5 Å². The average molecular weight is 512 g/mol. The summed E-state index contributed by atoms with van der Waals surface area (Å²) in [4.78, 5) is 4.63. The molecular formula is C22H17F9N2O2. The first kappa shape index (κ1) is 26.4. The zero-order valence-corrected chi connectivity index (χ0v) is 18.0. The van der Waals surface area contributed by atoms with Crippen LogP contribution in [0.5, 0.6) is 0 Å². The minimum absolute atomic E-state index is 0.0124. The molecule has 4 nitrogen and oxygen atoms in total. The predicted molar refractivity (Wildman–Crippen MR) is 106 cm³/mol. The van der Waals surface area contributed by atoms with Gasteiger partial charge < -0.3 is 10.0 Å². The molecule has 2 aromatic rings. The summed E-state index contributed by atoms with van der Waals surface area (Å²) < 4.78 is 122. The molecule has 0 saturated heterocycles. The lowest BCUT2D eigenvalue weighted by atomic mass is 9.84. The molecular weight excluding hydrogens is 495 g/mol. The first-order chi connectivity index (χ1) is 16.0. The molecule has 13 heteroatoms. The van der Waals surface area contributed by atoms with E-state index in [-0.39, 0.29) is 35.4 Å². The Balaban J connectivity index is 2.15. The molecule has 2 aromatic carbocycles. The molecule has 1 aliphatic rings. The molecule has 0 saturated carbocycles. The summed E-state index contributed by atoms with van der Waals surface area (Å²) in [5.41, 5.74) is -7.99. The quantitative estimate of drug-likeness (QED) is 0.203. The predicted octanol–water partition coefficient (Wildman–Crippen LogP) is 7.24. The maximum Gasteiger partial charge on any atom is 0.435 e. The van der Waals surface area contributed by atoms with Crippen molar-refractivity contribution in [3.8, 4) is 0 Å². The van der Waals surface area contributed by atoms with Gasteiger partial charge in [0.25, 0.3) is 5.60 Å². The average Bonchev–Trinajstić information content (AvgIpc) is 3.19. The SMILES string of the molecule is CC(C)c1cc(C2=NOC(c3cc(C(F)(F)F)cc(C(F)(F)F)c3)(C(F)(F)F)C2)ccc1/C=N/O. The Kier molecular flexibility index (Phi) is 6.59. The van der Waals surface area contributed by atoms with Gasteiger partial charge in [0.1, 0.15) is 0 Å². The summed E-state index contributed by atoms with van der Waals surface area (Å²) in [7, 11) is 0. The zero-order chi connectivity index (χ0) is 26.4. The van der Waals surface area contributed by atoms with Crippen LogP contribution in [0, 0.1) is 0 Å². The number of oxime groups is 2. The van der Waals surface area contributed by atoms with Gasteiger partial charge >= 0.3 is 18.5 Å². The summed E-state index contributed by atoms with van der Waals surface area (Å²) in [5, 5.41) is 15.1. The highest BCUT2D eigenvalue weighted by Crippen LogP contribution is 2.51. The second-order valence-corrected chi connectivity index (χ2v) is 8.17. The van der Waals surface area contributed by atoms with Crippen LogP contribution in [0.4, 0.5) is 39.5 Å². The van der Waals surface area contributed by atoms with Gasteiger partial charge in [0.15, 0.2) is 0 Å². The standard InChI is InChI=1S/C22H17F9N2O2/c1-11(2)17-5-12(3-4-13(17)10-32-34)18-9-19(35-33-18,22(29,30)31)14-6-15(20(23,24)25)8-16(7-14)21(26,27)28/h3-8,10-11,34H,9H2,1-2H3/b32-10+. The van der Waals surface area contributed by atoms with Crippen LogP contribution < -0.4 is 0 Å². The maximum atomic E-state index is 14.2. The van der Waals surface area contributed by atoms with Gasteiger partial charge in [-0.15, -0.1) is 0 Å². The molecule has 1 atom stereocenters. The van der Waals surface area contributed by atoms with Crippen molar-refractivity contribution in [2.45, 2.75) is 50.3 Å². The summed E-state index contributed by atoms with van der Waals surface area (Å²) in [5.74, 6) is -0.184. The highest BCUT2D eigenvalue weighted by molar-refractivity contribution is 6.02. The van der Waals surface area contributed by atoms with Crippen LogP contribution in [-0.2, 0) is 22.8 Å². The van der Waals surface area contributed by atoms with Gasteiger partial charge in [0.05, 0.1) is 23.1 Å². The van der Waals surface area contributed by atoms with E-state index in [9.17, 15) is 39.5 Å². The number of benzene rings is 2. The first-order valence-corrected chi connectivity index (χ1v) is 9.93. The van der Waals surface area contributed by atoms with E-state index in [4.69, 9.17) is 5.21 Å². The molecule has 190 valence electrons. The van der Waals surface area contributed by atoms with Crippen molar-refractivity contribution in [1.29, 1.82) is 0 Å². The van der Waals surface area contributed by atoms with E-state index in [1.54, 1.807) is 13.8 Å².